The molecule has 0 bridgehead atoms. The Labute approximate surface area is 152 Å². The lowest BCUT2D eigenvalue weighted by molar-refractivity contribution is -0.113. The van der Waals surface area contributed by atoms with Crippen molar-refractivity contribution in [1.29, 1.82) is 0 Å². The zero-order chi connectivity index (χ0) is 17.6. The van der Waals surface area contributed by atoms with Crippen molar-refractivity contribution in [2.75, 3.05) is 18.2 Å². The molecule has 0 radical (unpaired) electrons. The number of aromatic nitrogens is 5. The molecule has 0 atom stereocenters. The zero-order valence-electron chi connectivity index (χ0n) is 13.1. The van der Waals surface area contributed by atoms with Crippen molar-refractivity contribution in [1.82, 2.24) is 25.2 Å². The number of hydrogen-bond donors (Lipinski definition) is 1. The van der Waals surface area contributed by atoms with Gasteiger partial charge in [-0.2, -0.15) is 4.68 Å². The van der Waals surface area contributed by atoms with E-state index in [9.17, 15) is 4.79 Å². The van der Waals surface area contributed by atoms with Gasteiger partial charge in [-0.3, -0.25) is 4.79 Å². The molecule has 0 fully saturated rings. The third-order valence-electron chi connectivity index (χ3n) is 3.12. The predicted octanol–water partition coefficient (Wildman–Crippen LogP) is 2.45. The van der Waals surface area contributed by atoms with Gasteiger partial charge in [0, 0.05) is 6.20 Å². The summed E-state index contributed by atoms with van der Waals surface area (Å²) in [4.78, 5) is 16.0. The van der Waals surface area contributed by atoms with E-state index >= 15 is 0 Å². The Morgan fingerprint density at radius 3 is 2.84 bits per heavy atom. The Balaban J connectivity index is 1.65. The first-order valence-electron chi connectivity index (χ1n) is 7.13. The lowest BCUT2D eigenvalue weighted by atomic mass is 10.3. The second kappa shape index (κ2) is 7.95. The van der Waals surface area contributed by atoms with Crippen LogP contribution in [0.15, 0.2) is 47.8 Å². The van der Waals surface area contributed by atoms with Crippen molar-refractivity contribution in [3.63, 3.8) is 0 Å². The van der Waals surface area contributed by atoms with Gasteiger partial charge in [0.15, 0.2) is 5.15 Å². The molecule has 8 nitrogen and oxygen atoms in total. The van der Waals surface area contributed by atoms with E-state index in [4.69, 9.17) is 16.3 Å². The fourth-order valence-corrected chi connectivity index (χ4v) is 2.81. The van der Waals surface area contributed by atoms with Crippen molar-refractivity contribution >= 4 is 35.0 Å². The molecule has 0 aliphatic rings. The molecule has 0 saturated carbocycles. The fraction of sp³-hybridized carbons (Fsp3) is 0.133. The number of thioether (sulfide) groups is 1. The van der Waals surface area contributed by atoms with Crippen LogP contribution in [0.25, 0.3) is 5.69 Å². The van der Waals surface area contributed by atoms with Gasteiger partial charge in [-0.05, 0) is 46.8 Å². The molecule has 1 amide bonds. The average molecular weight is 377 g/mol. The number of benzene rings is 1. The molecule has 0 saturated heterocycles. The van der Waals surface area contributed by atoms with Crippen LogP contribution < -0.4 is 10.1 Å². The highest BCUT2D eigenvalue weighted by Crippen LogP contribution is 2.21. The number of tetrazole rings is 1. The van der Waals surface area contributed by atoms with E-state index in [1.807, 2.05) is 24.3 Å². The molecule has 0 aliphatic heterocycles. The Kier molecular flexibility index (Phi) is 5.46. The van der Waals surface area contributed by atoms with Crippen molar-refractivity contribution < 1.29 is 9.53 Å². The lowest BCUT2D eigenvalue weighted by Crippen LogP contribution is -2.15. The Bertz CT molecular complexity index is 870. The van der Waals surface area contributed by atoms with E-state index in [0.717, 1.165) is 11.4 Å². The average Bonchev–Trinajstić information content (AvgIpc) is 3.10. The molecule has 0 unspecified atom stereocenters. The first-order valence-corrected chi connectivity index (χ1v) is 8.49. The first kappa shape index (κ1) is 17.2. The van der Waals surface area contributed by atoms with Gasteiger partial charge in [0.1, 0.15) is 5.75 Å². The largest absolute Gasteiger partial charge is 0.497 e. The number of halogens is 1. The van der Waals surface area contributed by atoms with Crippen molar-refractivity contribution in [2.24, 2.45) is 0 Å². The van der Waals surface area contributed by atoms with E-state index in [2.05, 4.69) is 25.8 Å². The maximum atomic E-state index is 12.1. The van der Waals surface area contributed by atoms with Crippen LogP contribution in [0, 0.1) is 0 Å². The number of carbonyl (C=O) groups excluding carboxylic acids is 1. The zero-order valence-corrected chi connectivity index (χ0v) is 14.7. The van der Waals surface area contributed by atoms with Crippen molar-refractivity contribution in [3.8, 4) is 11.4 Å². The third-order valence-corrected chi connectivity index (χ3v) is 4.34. The SMILES string of the molecule is COc1ccc(-n2nnnc2SCC(=O)Nc2cccnc2Cl)cc1. The summed E-state index contributed by atoms with van der Waals surface area (Å²) < 4.78 is 6.68. The molecule has 3 rings (SSSR count). The minimum absolute atomic E-state index is 0.127. The highest BCUT2D eigenvalue weighted by atomic mass is 35.5. The number of anilines is 1. The van der Waals surface area contributed by atoms with E-state index in [0.29, 0.717) is 10.8 Å². The number of pyridine rings is 1. The Hall–Kier alpha value is -2.65. The van der Waals surface area contributed by atoms with E-state index in [1.165, 1.54) is 11.8 Å². The number of ether oxygens (including phenoxy) is 1. The van der Waals surface area contributed by atoms with Crippen LogP contribution >= 0.6 is 23.4 Å². The number of carbonyl (C=O) groups is 1. The molecule has 2 aromatic heterocycles. The summed E-state index contributed by atoms with van der Waals surface area (Å²) in [6.45, 7) is 0. The van der Waals surface area contributed by atoms with Gasteiger partial charge >= 0.3 is 0 Å². The molecule has 0 aliphatic carbocycles. The Morgan fingerprint density at radius 2 is 2.12 bits per heavy atom. The molecule has 0 spiro atoms. The van der Waals surface area contributed by atoms with Crippen LogP contribution in [0.5, 0.6) is 5.75 Å². The highest BCUT2D eigenvalue weighted by molar-refractivity contribution is 7.99. The van der Waals surface area contributed by atoms with Gasteiger partial charge in [-0.25, -0.2) is 4.98 Å². The number of nitrogens with one attached hydrogen (secondary N) is 1. The molecular formula is C15H13ClN6O2S. The van der Waals surface area contributed by atoms with Gasteiger partial charge in [0.2, 0.25) is 11.1 Å². The maximum absolute atomic E-state index is 12.1. The molecular weight excluding hydrogens is 364 g/mol. The molecule has 128 valence electrons. The van der Waals surface area contributed by atoms with Gasteiger partial charge in [-0.1, -0.05) is 23.4 Å². The smallest absolute Gasteiger partial charge is 0.234 e. The third kappa shape index (κ3) is 4.25. The highest BCUT2D eigenvalue weighted by Gasteiger charge is 2.12. The van der Waals surface area contributed by atoms with Gasteiger partial charge in [0.25, 0.3) is 0 Å². The van der Waals surface area contributed by atoms with Crippen LogP contribution in [0.4, 0.5) is 5.69 Å². The summed E-state index contributed by atoms with van der Waals surface area (Å²) in [6.07, 6.45) is 1.55. The second-order valence-corrected chi connectivity index (χ2v) is 6.05. The van der Waals surface area contributed by atoms with Crippen LogP contribution in [-0.4, -0.2) is 44.0 Å². The molecule has 2 heterocycles. The summed E-state index contributed by atoms with van der Waals surface area (Å²) in [5, 5.41) is 15.0. The van der Waals surface area contributed by atoms with E-state index < -0.39 is 0 Å². The quantitative estimate of drug-likeness (QED) is 0.521. The van der Waals surface area contributed by atoms with Crippen LogP contribution in [-0.2, 0) is 4.79 Å². The number of hydrogen-bond acceptors (Lipinski definition) is 7. The van der Waals surface area contributed by atoms with Crippen molar-refractivity contribution in [2.45, 2.75) is 5.16 Å². The lowest BCUT2D eigenvalue weighted by Gasteiger charge is -2.07. The number of rotatable bonds is 6. The minimum Gasteiger partial charge on any atom is -0.497 e. The number of amides is 1. The summed E-state index contributed by atoms with van der Waals surface area (Å²) in [6, 6.07) is 10.6. The molecule has 1 aromatic carbocycles. The van der Waals surface area contributed by atoms with Gasteiger partial charge < -0.3 is 10.1 Å². The molecule has 1 N–H and O–H groups in total. The molecule has 3 aromatic rings. The maximum Gasteiger partial charge on any atom is 0.234 e. The van der Waals surface area contributed by atoms with Crippen LogP contribution in [0.2, 0.25) is 5.15 Å². The van der Waals surface area contributed by atoms with E-state index in [1.54, 1.807) is 30.1 Å². The minimum atomic E-state index is -0.232. The standard InChI is InChI=1S/C15H13ClN6O2S/c1-24-11-6-4-10(5-7-11)22-15(19-20-21-22)25-9-13(23)18-12-3-2-8-17-14(12)16/h2-8H,9H2,1H3,(H,18,23). The van der Waals surface area contributed by atoms with Crippen LogP contribution in [0.1, 0.15) is 0 Å². The first-order chi connectivity index (χ1) is 12.2. The summed E-state index contributed by atoms with van der Waals surface area (Å²) >= 11 is 7.13. The summed E-state index contributed by atoms with van der Waals surface area (Å²) in [5.41, 5.74) is 1.23. The second-order valence-electron chi connectivity index (χ2n) is 4.75. The van der Waals surface area contributed by atoms with E-state index in [-0.39, 0.29) is 16.8 Å². The molecule has 25 heavy (non-hydrogen) atoms. The number of nitrogens with zero attached hydrogens (tertiary/aromatic N) is 5. The normalized spacial score (nSPS) is 10.5. The summed E-state index contributed by atoms with van der Waals surface area (Å²) in [7, 11) is 1.60. The Morgan fingerprint density at radius 1 is 1.32 bits per heavy atom. The topological polar surface area (TPSA) is 94.8 Å². The summed E-state index contributed by atoms with van der Waals surface area (Å²) in [5.74, 6) is 0.629. The fourth-order valence-electron chi connectivity index (χ4n) is 1.95. The van der Waals surface area contributed by atoms with Gasteiger partial charge in [0.05, 0.1) is 24.2 Å². The van der Waals surface area contributed by atoms with Crippen LogP contribution in [0.3, 0.4) is 0 Å². The molecule has 10 heteroatoms. The number of methoxy groups -OCH3 is 1. The monoisotopic (exact) mass is 376 g/mol. The van der Waals surface area contributed by atoms with Crippen molar-refractivity contribution in [3.05, 3.63) is 47.7 Å². The predicted molar refractivity (Wildman–Crippen MR) is 94.3 cm³/mol. The van der Waals surface area contributed by atoms with Gasteiger partial charge in [-0.15, -0.1) is 5.10 Å².